The molecule has 0 fully saturated rings. The predicted octanol–water partition coefficient (Wildman–Crippen LogP) is 4.76. The fourth-order valence-electron chi connectivity index (χ4n) is 2.62. The highest BCUT2D eigenvalue weighted by Gasteiger charge is 2.15. The molecule has 0 N–H and O–H groups in total. The molecule has 1 aromatic heterocycles. The van der Waals surface area contributed by atoms with Crippen LogP contribution in [0.3, 0.4) is 0 Å². The second-order valence-corrected chi connectivity index (χ2v) is 7.37. The molecule has 1 heterocycles. The number of esters is 1. The van der Waals surface area contributed by atoms with Crippen molar-refractivity contribution in [3.63, 3.8) is 0 Å². The fourth-order valence-corrected chi connectivity index (χ4v) is 3.55. The summed E-state index contributed by atoms with van der Waals surface area (Å²) in [6, 6.07) is 15.4. The van der Waals surface area contributed by atoms with Crippen LogP contribution in [0.1, 0.15) is 18.1 Å². The lowest BCUT2D eigenvalue weighted by molar-refractivity contribution is -0.141. The number of hydrogen-bond donors (Lipinski definition) is 0. The molecule has 0 amide bonds. The average molecular weight is 402 g/mol. The SMILES string of the molecule is CCn1c(SCC(=O)OCc2cccc(C)c2)nnc1-c1ccc(Cl)cc1. The van der Waals surface area contributed by atoms with Crippen molar-refractivity contribution in [3.05, 3.63) is 64.7 Å². The zero-order chi connectivity index (χ0) is 19.2. The van der Waals surface area contributed by atoms with Crippen molar-refractivity contribution in [2.24, 2.45) is 0 Å². The van der Waals surface area contributed by atoms with E-state index in [9.17, 15) is 4.79 Å². The molecule has 3 aromatic rings. The van der Waals surface area contributed by atoms with E-state index < -0.39 is 0 Å². The summed E-state index contributed by atoms with van der Waals surface area (Å²) in [6.07, 6.45) is 0. The molecular formula is C20H20ClN3O2S. The Morgan fingerprint density at radius 2 is 1.96 bits per heavy atom. The molecule has 0 saturated carbocycles. The number of ether oxygens (including phenoxy) is 1. The lowest BCUT2D eigenvalue weighted by atomic mass is 10.1. The van der Waals surface area contributed by atoms with Crippen LogP contribution < -0.4 is 0 Å². The molecule has 0 bridgehead atoms. The maximum Gasteiger partial charge on any atom is 0.316 e. The van der Waals surface area contributed by atoms with Crippen LogP contribution >= 0.6 is 23.4 Å². The number of aryl methyl sites for hydroxylation is 1. The van der Waals surface area contributed by atoms with Crippen molar-refractivity contribution in [2.45, 2.75) is 32.2 Å². The molecule has 7 heteroatoms. The minimum Gasteiger partial charge on any atom is -0.460 e. The van der Waals surface area contributed by atoms with Gasteiger partial charge in [0.1, 0.15) is 6.61 Å². The maximum atomic E-state index is 12.1. The molecular weight excluding hydrogens is 382 g/mol. The van der Waals surface area contributed by atoms with E-state index in [1.165, 1.54) is 11.8 Å². The van der Waals surface area contributed by atoms with E-state index in [1.54, 1.807) is 0 Å². The van der Waals surface area contributed by atoms with E-state index in [4.69, 9.17) is 16.3 Å². The zero-order valence-corrected chi connectivity index (χ0v) is 16.8. The van der Waals surface area contributed by atoms with Crippen LogP contribution in [0.4, 0.5) is 0 Å². The van der Waals surface area contributed by atoms with Crippen molar-refractivity contribution >= 4 is 29.3 Å². The second-order valence-electron chi connectivity index (χ2n) is 6.00. The van der Waals surface area contributed by atoms with Gasteiger partial charge in [0.2, 0.25) is 0 Å². The molecule has 27 heavy (non-hydrogen) atoms. The van der Waals surface area contributed by atoms with Gasteiger partial charge in [0.15, 0.2) is 11.0 Å². The first-order chi connectivity index (χ1) is 13.1. The number of rotatable bonds is 7. The number of aromatic nitrogens is 3. The van der Waals surface area contributed by atoms with Crippen LogP contribution in [0.25, 0.3) is 11.4 Å². The van der Waals surface area contributed by atoms with Gasteiger partial charge in [-0.15, -0.1) is 10.2 Å². The van der Waals surface area contributed by atoms with E-state index in [0.29, 0.717) is 16.7 Å². The molecule has 0 aliphatic heterocycles. The molecule has 0 atom stereocenters. The Balaban J connectivity index is 1.60. The molecule has 0 unspecified atom stereocenters. The van der Waals surface area contributed by atoms with Gasteiger partial charge in [-0.1, -0.05) is 53.2 Å². The van der Waals surface area contributed by atoms with Crippen LogP contribution in [-0.2, 0) is 22.7 Å². The topological polar surface area (TPSA) is 57.0 Å². The van der Waals surface area contributed by atoms with Crippen LogP contribution in [0.15, 0.2) is 53.7 Å². The van der Waals surface area contributed by atoms with Crippen LogP contribution in [0, 0.1) is 6.92 Å². The number of carbonyl (C=O) groups excluding carboxylic acids is 1. The monoisotopic (exact) mass is 401 g/mol. The van der Waals surface area contributed by atoms with Gasteiger partial charge >= 0.3 is 5.97 Å². The summed E-state index contributed by atoms with van der Waals surface area (Å²) in [6.45, 7) is 5.00. The van der Waals surface area contributed by atoms with Gasteiger partial charge in [-0.3, -0.25) is 4.79 Å². The molecule has 0 aliphatic rings. The Morgan fingerprint density at radius 3 is 2.67 bits per heavy atom. The van der Waals surface area contributed by atoms with Crippen LogP contribution in [0.5, 0.6) is 0 Å². The average Bonchev–Trinajstić information content (AvgIpc) is 3.08. The number of nitrogens with zero attached hydrogens (tertiary/aromatic N) is 3. The third-order valence-corrected chi connectivity index (χ3v) is 5.13. The molecule has 5 nitrogen and oxygen atoms in total. The third-order valence-electron chi connectivity index (χ3n) is 3.94. The minimum atomic E-state index is -0.278. The van der Waals surface area contributed by atoms with Crippen molar-refractivity contribution < 1.29 is 9.53 Å². The number of hydrogen-bond acceptors (Lipinski definition) is 5. The Morgan fingerprint density at radius 1 is 1.19 bits per heavy atom. The van der Waals surface area contributed by atoms with Crippen LogP contribution in [0.2, 0.25) is 5.02 Å². The predicted molar refractivity (Wildman–Crippen MR) is 108 cm³/mol. The van der Waals surface area contributed by atoms with Crippen LogP contribution in [-0.4, -0.2) is 26.5 Å². The Kier molecular flexibility index (Phi) is 6.53. The Labute approximate surface area is 167 Å². The normalized spacial score (nSPS) is 10.8. The zero-order valence-electron chi connectivity index (χ0n) is 15.2. The van der Waals surface area contributed by atoms with Gasteiger partial charge in [-0.25, -0.2) is 0 Å². The standard InChI is InChI=1S/C20H20ClN3O2S/c1-3-24-19(16-7-9-17(21)10-8-16)22-23-20(24)27-13-18(25)26-12-15-6-4-5-14(2)11-15/h4-11H,3,12-13H2,1-2H3. The molecule has 0 aliphatic carbocycles. The molecule has 2 aromatic carbocycles. The summed E-state index contributed by atoms with van der Waals surface area (Å²) < 4.78 is 7.33. The molecule has 0 radical (unpaired) electrons. The maximum absolute atomic E-state index is 12.1. The summed E-state index contributed by atoms with van der Waals surface area (Å²) in [5.74, 6) is 0.662. The highest BCUT2D eigenvalue weighted by Crippen LogP contribution is 2.25. The van der Waals surface area contributed by atoms with Gasteiger partial charge in [0.05, 0.1) is 5.75 Å². The minimum absolute atomic E-state index is 0.185. The summed E-state index contributed by atoms with van der Waals surface area (Å²) in [5, 5.41) is 9.85. The fraction of sp³-hybridized carbons (Fsp3) is 0.250. The Bertz CT molecular complexity index is 925. The van der Waals surface area contributed by atoms with Crippen molar-refractivity contribution in [1.29, 1.82) is 0 Å². The van der Waals surface area contributed by atoms with E-state index in [-0.39, 0.29) is 18.3 Å². The van der Waals surface area contributed by atoms with Gasteiger partial charge in [-0.2, -0.15) is 0 Å². The Hall–Kier alpha value is -2.31. The smallest absolute Gasteiger partial charge is 0.316 e. The van der Waals surface area contributed by atoms with E-state index in [2.05, 4.69) is 10.2 Å². The van der Waals surface area contributed by atoms with E-state index in [1.807, 2.05) is 66.9 Å². The van der Waals surface area contributed by atoms with E-state index >= 15 is 0 Å². The molecule has 3 rings (SSSR count). The lowest BCUT2D eigenvalue weighted by Gasteiger charge is -2.08. The first kappa shape index (κ1) is 19.5. The number of halogens is 1. The summed E-state index contributed by atoms with van der Waals surface area (Å²) in [4.78, 5) is 12.1. The van der Waals surface area contributed by atoms with E-state index in [0.717, 1.165) is 22.5 Å². The first-order valence-electron chi connectivity index (χ1n) is 8.60. The van der Waals surface area contributed by atoms with Gasteiger partial charge < -0.3 is 9.30 Å². The third kappa shape index (κ3) is 5.11. The number of benzene rings is 2. The molecule has 0 spiro atoms. The molecule has 140 valence electrons. The van der Waals surface area contributed by atoms with Gasteiger partial charge in [-0.05, 0) is 43.7 Å². The number of carbonyl (C=O) groups is 1. The highest BCUT2D eigenvalue weighted by molar-refractivity contribution is 7.99. The second kappa shape index (κ2) is 9.06. The van der Waals surface area contributed by atoms with Gasteiger partial charge in [0.25, 0.3) is 0 Å². The van der Waals surface area contributed by atoms with Crippen molar-refractivity contribution in [2.75, 3.05) is 5.75 Å². The molecule has 0 saturated heterocycles. The largest absolute Gasteiger partial charge is 0.460 e. The van der Waals surface area contributed by atoms with Crippen molar-refractivity contribution in [3.8, 4) is 11.4 Å². The number of thioether (sulfide) groups is 1. The summed E-state index contributed by atoms with van der Waals surface area (Å²) in [5.41, 5.74) is 3.06. The quantitative estimate of drug-likeness (QED) is 0.422. The first-order valence-corrected chi connectivity index (χ1v) is 9.96. The summed E-state index contributed by atoms with van der Waals surface area (Å²) in [7, 11) is 0. The van der Waals surface area contributed by atoms with Crippen molar-refractivity contribution in [1.82, 2.24) is 14.8 Å². The van der Waals surface area contributed by atoms with Gasteiger partial charge in [0, 0.05) is 17.1 Å². The highest BCUT2D eigenvalue weighted by atomic mass is 35.5. The lowest BCUT2D eigenvalue weighted by Crippen LogP contribution is -2.08. The summed E-state index contributed by atoms with van der Waals surface area (Å²) >= 11 is 7.27.